The first-order valence-electron chi connectivity index (χ1n) is 9.01. The maximum absolute atomic E-state index is 12.4. The molecule has 0 spiro atoms. The number of amides is 1. The van der Waals surface area contributed by atoms with Gasteiger partial charge in [0.2, 0.25) is 5.88 Å². The van der Waals surface area contributed by atoms with Crippen LogP contribution in [-0.4, -0.2) is 53.1 Å². The van der Waals surface area contributed by atoms with Crippen LogP contribution in [0.15, 0.2) is 6.07 Å². The predicted octanol–water partition coefficient (Wildman–Crippen LogP) is 4.33. The lowest BCUT2D eigenvalue weighted by molar-refractivity contribution is -0.0507. The summed E-state index contributed by atoms with van der Waals surface area (Å²) in [6.45, 7) is 10.0. The maximum Gasteiger partial charge on any atom is 0.410 e. The number of aromatic nitrogens is 1. The molecule has 2 N–H and O–H groups in total. The van der Waals surface area contributed by atoms with Gasteiger partial charge in [0.05, 0.1) is 16.7 Å². The molecular formula is C19H29Cl2N3O4. The molecule has 1 aliphatic heterocycles. The first kappa shape index (κ1) is 24.5. The average molecular weight is 434 g/mol. The highest BCUT2D eigenvalue weighted by molar-refractivity contribution is 6.41. The Kier molecular flexibility index (Phi) is 8.53. The van der Waals surface area contributed by atoms with Crippen molar-refractivity contribution in [2.45, 2.75) is 64.7 Å². The fourth-order valence-corrected chi connectivity index (χ4v) is 3.23. The summed E-state index contributed by atoms with van der Waals surface area (Å²) in [6, 6.07) is 1.42. The molecule has 2 unspecified atom stereocenters. The number of pyridine rings is 1. The number of nitrogens with two attached hydrogens (primary N) is 1. The zero-order chi connectivity index (χ0) is 21.7. The molecule has 0 saturated carbocycles. The first-order valence-corrected chi connectivity index (χ1v) is 9.77. The fourth-order valence-electron chi connectivity index (χ4n) is 2.94. The van der Waals surface area contributed by atoms with E-state index in [0.717, 1.165) is 6.42 Å². The van der Waals surface area contributed by atoms with E-state index in [1.165, 1.54) is 13.1 Å². The molecule has 0 aromatic carbocycles. The Morgan fingerprint density at radius 3 is 2.50 bits per heavy atom. The van der Waals surface area contributed by atoms with Gasteiger partial charge >= 0.3 is 6.09 Å². The molecule has 28 heavy (non-hydrogen) atoms. The van der Waals surface area contributed by atoms with Crippen molar-refractivity contribution in [3.8, 4) is 5.88 Å². The smallest absolute Gasteiger partial charge is 0.410 e. The number of carbonyl (C=O) groups excluding carboxylic acids is 2. The first-order chi connectivity index (χ1) is 12.9. The molecule has 1 saturated heterocycles. The topological polar surface area (TPSA) is 94.8 Å². The van der Waals surface area contributed by atoms with Gasteiger partial charge in [-0.05, 0) is 54.2 Å². The van der Waals surface area contributed by atoms with Gasteiger partial charge in [-0.15, -0.1) is 0 Å². The molecule has 158 valence electrons. The Morgan fingerprint density at radius 2 is 2.04 bits per heavy atom. The summed E-state index contributed by atoms with van der Waals surface area (Å²) in [6.07, 6.45) is 1.39. The number of carbonyl (C=O) groups is 2. The van der Waals surface area contributed by atoms with Crippen LogP contribution in [0.5, 0.6) is 5.88 Å². The maximum atomic E-state index is 12.4. The van der Waals surface area contributed by atoms with Crippen molar-refractivity contribution < 1.29 is 19.1 Å². The van der Waals surface area contributed by atoms with E-state index in [-0.39, 0.29) is 39.4 Å². The predicted molar refractivity (Wildman–Crippen MR) is 110 cm³/mol. The van der Waals surface area contributed by atoms with Gasteiger partial charge in [0.15, 0.2) is 11.4 Å². The number of hydrogen-bond acceptors (Lipinski definition) is 6. The van der Waals surface area contributed by atoms with Crippen LogP contribution < -0.4 is 10.5 Å². The SMILES string of the molecule is CC(CC1(C)CCN1C(=O)OC(C)(C)C)Oc1nc(Cl)c(Cl)cc1C=O.CN. The molecule has 0 bridgehead atoms. The number of aldehydes is 1. The zero-order valence-electron chi connectivity index (χ0n) is 17.2. The Bertz CT molecular complexity index is 709. The normalized spacial score (nSPS) is 19.7. The number of halogens is 2. The average Bonchev–Trinajstić information content (AvgIpc) is 2.56. The van der Waals surface area contributed by atoms with Crippen molar-refractivity contribution in [3.63, 3.8) is 0 Å². The van der Waals surface area contributed by atoms with Gasteiger partial charge in [-0.25, -0.2) is 4.79 Å². The van der Waals surface area contributed by atoms with Crippen molar-refractivity contribution in [1.29, 1.82) is 0 Å². The van der Waals surface area contributed by atoms with E-state index in [1.807, 2.05) is 34.6 Å². The second kappa shape index (κ2) is 9.76. The number of rotatable bonds is 5. The summed E-state index contributed by atoms with van der Waals surface area (Å²) >= 11 is 11.8. The minimum absolute atomic E-state index is 0.0738. The van der Waals surface area contributed by atoms with Crippen molar-refractivity contribution >= 4 is 35.6 Å². The van der Waals surface area contributed by atoms with E-state index in [4.69, 9.17) is 32.7 Å². The summed E-state index contributed by atoms with van der Waals surface area (Å²) in [5.41, 5.74) is 3.81. The van der Waals surface area contributed by atoms with Crippen molar-refractivity contribution in [3.05, 3.63) is 21.8 Å². The van der Waals surface area contributed by atoms with E-state index in [2.05, 4.69) is 10.7 Å². The van der Waals surface area contributed by atoms with Crippen LogP contribution in [-0.2, 0) is 4.74 Å². The number of nitrogens with zero attached hydrogens (tertiary/aromatic N) is 2. The van der Waals surface area contributed by atoms with Crippen LogP contribution in [0.3, 0.4) is 0 Å². The Morgan fingerprint density at radius 1 is 1.43 bits per heavy atom. The number of likely N-dealkylation sites (tertiary alicyclic amines) is 1. The Hall–Kier alpha value is -1.57. The largest absolute Gasteiger partial charge is 0.474 e. The second-order valence-corrected chi connectivity index (χ2v) is 8.55. The van der Waals surface area contributed by atoms with Crippen LogP contribution in [0.4, 0.5) is 4.79 Å². The summed E-state index contributed by atoms with van der Waals surface area (Å²) in [5, 5.41) is 0.264. The van der Waals surface area contributed by atoms with Crippen molar-refractivity contribution in [1.82, 2.24) is 9.88 Å². The molecule has 9 heteroatoms. The van der Waals surface area contributed by atoms with Gasteiger partial charge in [0.1, 0.15) is 5.60 Å². The third kappa shape index (κ3) is 6.22. The summed E-state index contributed by atoms with van der Waals surface area (Å²) in [5.74, 6) is 0.133. The lowest BCUT2D eigenvalue weighted by Gasteiger charge is -2.51. The highest BCUT2D eigenvalue weighted by atomic mass is 35.5. The van der Waals surface area contributed by atoms with E-state index in [1.54, 1.807) is 4.90 Å². The van der Waals surface area contributed by atoms with E-state index in [0.29, 0.717) is 19.3 Å². The van der Waals surface area contributed by atoms with Gasteiger partial charge < -0.3 is 20.1 Å². The van der Waals surface area contributed by atoms with Gasteiger partial charge in [0, 0.05) is 18.5 Å². The minimum Gasteiger partial charge on any atom is -0.474 e. The quantitative estimate of drug-likeness (QED) is 0.548. The van der Waals surface area contributed by atoms with Crippen LogP contribution in [0.25, 0.3) is 0 Å². The zero-order valence-corrected chi connectivity index (χ0v) is 18.7. The van der Waals surface area contributed by atoms with Gasteiger partial charge in [-0.1, -0.05) is 23.2 Å². The summed E-state index contributed by atoms with van der Waals surface area (Å²) in [4.78, 5) is 29.3. The minimum atomic E-state index is -0.543. The second-order valence-electron chi connectivity index (χ2n) is 7.78. The van der Waals surface area contributed by atoms with Crippen molar-refractivity contribution in [2.75, 3.05) is 13.6 Å². The van der Waals surface area contributed by atoms with Crippen LogP contribution in [0.1, 0.15) is 57.8 Å². The summed E-state index contributed by atoms with van der Waals surface area (Å²) < 4.78 is 11.3. The molecule has 1 aromatic rings. The molecule has 1 amide bonds. The van der Waals surface area contributed by atoms with Gasteiger partial charge in [-0.2, -0.15) is 4.98 Å². The van der Waals surface area contributed by atoms with Gasteiger partial charge in [-0.3, -0.25) is 4.79 Å². The Balaban J connectivity index is 0.00000190. The van der Waals surface area contributed by atoms with E-state index < -0.39 is 5.60 Å². The lowest BCUT2D eigenvalue weighted by Crippen LogP contribution is -2.62. The summed E-state index contributed by atoms with van der Waals surface area (Å²) in [7, 11) is 1.50. The standard InChI is InChI=1S/C18H24Cl2N2O4.CH5N/c1-11(25-15-12(10-23)8-13(19)14(20)21-15)9-18(5)6-7-22(18)16(24)26-17(2,3)4;1-2/h8,10-11H,6-7,9H2,1-5H3;2H2,1H3. The van der Waals surface area contributed by atoms with E-state index in [9.17, 15) is 9.59 Å². The molecule has 1 aliphatic rings. The van der Waals surface area contributed by atoms with Crippen LogP contribution in [0.2, 0.25) is 10.2 Å². The van der Waals surface area contributed by atoms with Crippen LogP contribution >= 0.6 is 23.2 Å². The van der Waals surface area contributed by atoms with Crippen molar-refractivity contribution in [2.24, 2.45) is 5.73 Å². The third-order valence-corrected chi connectivity index (χ3v) is 4.91. The Labute approximate surface area is 176 Å². The molecule has 0 aliphatic carbocycles. The highest BCUT2D eigenvalue weighted by Gasteiger charge is 2.46. The number of hydrogen-bond donors (Lipinski definition) is 1. The third-order valence-electron chi connectivity index (χ3n) is 4.23. The molecule has 1 fully saturated rings. The lowest BCUT2D eigenvalue weighted by atomic mass is 9.82. The molecule has 2 atom stereocenters. The van der Waals surface area contributed by atoms with Crippen LogP contribution in [0, 0.1) is 0 Å². The molecular weight excluding hydrogens is 405 g/mol. The fraction of sp³-hybridized carbons (Fsp3) is 0.632. The molecule has 2 rings (SSSR count). The molecule has 0 radical (unpaired) electrons. The highest BCUT2D eigenvalue weighted by Crippen LogP contribution is 2.37. The van der Waals surface area contributed by atoms with Gasteiger partial charge in [0.25, 0.3) is 0 Å². The monoisotopic (exact) mass is 433 g/mol. The molecule has 1 aromatic heterocycles. The number of ether oxygens (including phenoxy) is 2. The molecule has 2 heterocycles. The van der Waals surface area contributed by atoms with E-state index >= 15 is 0 Å². The molecule has 7 nitrogen and oxygen atoms in total.